The Morgan fingerprint density at radius 2 is 1.97 bits per heavy atom. The standard InChI is InChI=1S/C23H22BrN7O2/c1-12-20(13(2)31(30-12)15-6-4-3-5-7-15)18-11-19(27-26-18)22(32)29-28-21-16-10-14(24)8-9-17(16)25-23(21)33/h3-10,18-19,25-27,33H,11H2,1-2H3. The number of aryl methyl sites for hydroxylation is 1. The zero-order valence-corrected chi connectivity index (χ0v) is 19.6. The molecule has 10 heteroatoms. The number of amides is 1. The Balaban J connectivity index is 1.34. The number of hydrazine groups is 1. The van der Waals surface area contributed by atoms with Gasteiger partial charge in [0.2, 0.25) is 5.88 Å². The number of benzene rings is 2. The molecule has 1 amide bonds. The summed E-state index contributed by atoms with van der Waals surface area (Å²) < 4.78 is 2.75. The van der Waals surface area contributed by atoms with Gasteiger partial charge in [0.15, 0.2) is 5.69 Å². The van der Waals surface area contributed by atoms with Crippen LogP contribution in [0.15, 0.2) is 63.2 Å². The van der Waals surface area contributed by atoms with Crippen molar-refractivity contribution < 1.29 is 9.90 Å². The SMILES string of the molecule is Cc1nn(-c2ccccc2)c(C)c1C1CC(C(=O)N=Nc2c(O)[nH]c3ccc(Br)cc23)NN1. The number of carbonyl (C=O) groups excluding carboxylic acids is 1. The third kappa shape index (κ3) is 3.97. The van der Waals surface area contributed by atoms with Crippen molar-refractivity contribution in [2.24, 2.45) is 10.2 Å². The minimum absolute atomic E-state index is 0.0935. The number of azo groups is 1. The first-order valence-electron chi connectivity index (χ1n) is 10.5. The Kier molecular flexibility index (Phi) is 5.57. The van der Waals surface area contributed by atoms with Gasteiger partial charge in [-0.2, -0.15) is 5.10 Å². The molecule has 4 N–H and O–H groups in total. The number of halogens is 1. The first-order chi connectivity index (χ1) is 15.9. The number of fused-ring (bicyclic) bond motifs is 1. The molecule has 9 nitrogen and oxygen atoms in total. The number of aromatic nitrogens is 3. The molecule has 2 unspecified atom stereocenters. The number of para-hydroxylation sites is 1. The van der Waals surface area contributed by atoms with Crippen LogP contribution < -0.4 is 10.9 Å². The van der Waals surface area contributed by atoms with E-state index in [0.717, 1.165) is 27.1 Å². The molecule has 1 saturated heterocycles. The highest BCUT2D eigenvalue weighted by Crippen LogP contribution is 2.37. The lowest BCUT2D eigenvalue weighted by Crippen LogP contribution is -2.35. The Hall–Kier alpha value is -3.34. The summed E-state index contributed by atoms with van der Waals surface area (Å²) in [5.74, 6) is -0.547. The van der Waals surface area contributed by atoms with E-state index in [9.17, 15) is 9.90 Å². The molecule has 1 aliphatic heterocycles. The van der Waals surface area contributed by atoms with Crippen LogP contribution in [0.5, 0.6) is 5.88 Å². The number of rotatable bonds is 4. The van der Waals surface area contributed by atoms with E-state index in [1.807, 2.05) is 67.1 Å². The monoisotopic (exact) mass is 507 g/mol. The molecule has 0 spiro atoms. The molecule has 5 rings (SSSR count). The molecule has 3 heterocycles. The number of nitrogens with one attached hydrogen (secondary N) is 3. The molecule has 4 aromatic rings. The highest BCUT2D eigenvalue weighted by molar-refractivity contribution is 9.10. The molecule has 0 saturated carbocycles. The summed E-state index contributed by atoms with van der Waals surface area (Å²) in [6.07, 6.45) is 0.505. The van der Waals surface area contributed by atoms with E-state index in [1.165, 1.54) is 0 Å². The van der Waals surface area contributed by atoms with Gasteiger partial charge in [-0.25, -0.2) is 15.5 Å². The molecule has 0 bridgehead atoms. The Labute approximate surface area is 198 Å². The third-order valence-corrected chi connectivity index (χ3v) is 6.35. The van der Waals surface area contributed by atoms with Crippen molar-refractivity contribution >= 4 is 38.4 Å². The zero-order chi connectivity index (χ0) is 23.1. The lowest BCUT2D eigenvalue weighted by atomic mass is 10.00. The number of nitrogens with zero attached hydrogens (tertiary/aromatic N) is 4. The molecular formula is C23H22BrN7O2. The Morgan fingerprint density at radius 1 is 1.18 bits per heavy atom. The van der Waals surface area contributed by atoms with Gasteiger partial charge in [-0.05, 0) is 50.6 Å². The lowest BCUT2D eigenvalue weighted by molar-refractivity contribution is -0.120. The molecule has 0 radical (unpaired) electrons. The Morgan fingerprint density at radius 3 is 2.76 bits per heavy atom. The molecular weight excluding hydrogens is 486 g/mol. The summed E-state index contributed by atoms with van der Waals surface area (Å²) in [7, 11) is 0. The van der Waals surface area contributed by atoms with E-state index in [4.69, 9.17) is 5.10 Å². The summed E-state index contributed by atoms with van der Waals surface area (Å²) in [6.45, 7) is 3.99. The molecule has 2 aromatic carbocycles. The average molecular weight is 508 g/mol. The molecule has 2 aromatic heterocycles. The van der Waals surface area contributed by atoms with Crippen molar-refractivity contribution in [3.8, 4) is 11.6 Å². The first kappa shape index (κ1) is 21.5. The van der Waals surface area contributed by atoms with Gasteiger partial charge in [-0.1, -0.05) is 34.1 Å². The van der Waals surface area contributed by atoms with Crippen LogP contribution in [0.4, 0.5) is 5.69 Å². The van der Waals surface area contributed by atoms with E-state index < -0.39 is 11.9 Å². The predicted octanol–water partition coefficient (Wildman–Crippen LogP) is 4.66. The minimum Gasteiger partial charge on any atom is -0.493 e. The van der Waals surface area contributed by atoms with Crippen LogP contribution in [0.1, 0.15) is 29.4 Å². The molecule has 0 aliphatic carbocycles. The number of aromatic amines is 1. The summed E-state index contributed by atoms with van der Waals surface area (Å²) in [5, 5.41) is 23.5. The van der Waals surface area contributed by atoms with Crippen LogP contribution >= 0.6 is 15.9 Å². The summed E-state index contributed by atoms with van der Waals surface area (Å²) in [4.78, 5) is 15.6. The van der Waals surface area contributed by atoms with Crippen molar-refractivity contribution in [1.29, 1.82) is 0 Å². The topological polar surface area (TPSA) is 120 Å². The largest absolute Gasteiger partial charge is 0.493 e. The fourth-order valence-corrected chi connectivity index (χ4v) is 4.65. The molecule has 168 valence electrons. The van der Waals surface area contributed by atoms with Crippen LogP contribution in [0.3, 0.4) is 0 Å². The van der Waals surface area contributed by atoms with E-state index in [0.29, 0.717) is 17.3 Å². The number of aromatic hydroxyl groups is 1. The smallest absolute Gasteiger partial charge is 0.282 e. The number of carbonyl (C=O) groups is 1. The van der Waals surface area contributed by atoms with E-state index >= 15 is 0 Å². The number of hydrogen-bond acceptors (Lipinski definition) is 6. The van der Waals surface area contributed by atoms with Crippen molar-refractivity contribution in [1.82, 2.24) is 25.6 Å². The van der Waals surface area contributed by atoms with Crippen LogP contribution in [-0.2, 0) is 4.79 Å². The fourth-order valence-electron chi connectivity index (χ4n) is 4.29. The van der Waals surface area contributed by atoms with Crippen molar-refractivity contribution in [3.63, 3.8) is 0 Å². The number of hydrogen-bond donors (Lipinski definition) is 4. The molecule has 1 aliphatic rings. The maximum atomic E-state index is 12.7. The van der Waals surface area contributed by atoms with E-state index in [1.54, 1.807) is 0 Å². The fraction of sp³-hybridized carbons (Fsp3) is 0.217. The van der Waals surface area contributed by atoms with Gasteiger partial charge in [-0.3, -0.25) is 4.79 Å². The van der Waals surface area contributed by atoms with Crippen molar-refractivity contribution in [2.75, 3.05) is 0 Å². The highest BCUT2D eigenvalue weighted by Gasteiger charge is 2.33. The second-order valence-corrected chi connectivity index (χ2v) is 8.93. The zero-order valence-electron chi connectivity index (χ0n) is 18.0. The van der Waals surface area contributed by atoms with Crippen molar-refractivity contribution in [2.45, 2.75) is 32.4 Å². The van der Waals surface area contributed by atoms with Crippen LogP contribution in [0.25, 0.3) is 16.6 Å². The van der Waals surface area contributed by atoms with Crippen LogP contribution in [0.2, 0.25) is 0 Å². The molecule has 1 fully saturated rings. The lowest BCUT2D eigenvalue weighted by Gasteiger charge is -2.10. The van der Waals surface area contributed by atoms with Gasteiger partial charge in [-0.15, -0.1) is 10.2 Å². The molecule has 2 atom stereocenters. The maximum absolute atomic E-state index is 12.7. The maximum Gasteiger partial charge on any atom is 0.282 e. The summed E-state index contributed by atoms with van der Waals surface area (Å²) >= 11 is 3.41. The van der Waals surface area contributed by atoms with Gasteiger partial charge in [0.05, 0.1) is 22.9 Å². The second kappa shape index (κ2) is 8.54. The van der Waals surface area contributed by atoms with E-state index in [2.05, 4.69) is 42.0 Å². The minimum atomic E-state index is -0.545. The number of H-pyrrole nitrogens is 1. The normalized spacial score (nSPS) is 18.5. The van der Waals surface area contributed by atoms with Gasteiger partial charge < -0.3 is 10.1 Å². The Bertz CT molecular complexity index is 1380. The van der Waals surface area contributed by atoms with Gasteiger partial charge >= 0.3 is 0 Å². The van der Waals surface area contributed by atoms with E-state index in [-0.39, 0.29) is 17.6 Å². The van der Waals surface area contributed by atoms with Gasteiger partial charge in [0.1, 0.15) is 6.04 Å². The summed E-state index contributed by atoms with van der Waals surface area (Å²) in [5.41, 5.74) is 11.1. The van der Waals surface area contributed by atoms with Crippen LogP contribution in [-0.4, -0.2) is 31.8 Å². The predicted molar refractivity (Wildman–Crippen MR) is 128 cm³/mol. The van der Waals surface area contributed by atoms with Crippen molar-refractivity contribution in [3.05, 3.63) is 70.0 Å². The highest BCUT2D eigenvalue weighted by atomic mass is 79.9. The second-order valence-electron chi connectivity index (χ2n) is 8.01. The third-order valence-electron chi connectivity index (χ3n) is 5.86. The van der Waals surface area contributed by atoms with Gasteiger partial charge in [0, 0.05) is 21.1 Å². The average Bonchev–Trinajstić information content (AvgIpc) is 3.48. The quantitative estimate of drug-likeness (QED) is 0.299. The van der Waals surface area contributed by atoms with Crippen LogP contribution in [0, 0.1) is 13.8 Å². The van der Waals surface area contributed by atoms with Gasteiger partial charge in [0.25, 0.3) is 5.91 Å². The first-order valence-corrected chi connectivity index (χ1v) is 11.3. The molecule has 33 heavy (non-hydrogen) atoms. The summed E-state index contributed by atoms with van der Waals surface area (Å²) in [6, 6.07) is 14.8.